The molecule has 6 heteroatoms. The lowest BCUT2D eigenvalue weighted by molar-refractivity contribution is 0.311. The van der Waals surface area contributed by atoms with Crippen LogP contribution >= 0.6 is 22.7 Å². The topological polar surface area (TPSA) is 36.9 Å². The summed E-state index contributed by atoms with van der Waals surface area (Å²) in [5.41, 5.74) is 3.97. The highest BCUT2D eigenvalue weighted by Crippen LogP contribution is 2.52. The van der Waals surface area contributed by atoms with E-state index in [0.29, 0.717) is 26.4 Å². The van der Waals surface area contributed by atoms with Gasteiger partial charge in [-0.1, -0.05) is 43.0 Å². The Kier molecular flexibility index (Phi) is 11.5. The predicted molar refractivity (Wildman–Crippen MR) is 175 cm³/mol. The van der Waals surface area contributed by atoms with E-state index in [4.69, 9.17) is 18.9 Å². The van der Waals surface area contributed by atoms with Crippen LogP contribution in [-0.4, -0.2) is 26.4 Å². The van der Waals surface area contributed by atoms with Gasteiger partial charge in [-0.05, 0) is 66.4 Å². The summed E-state index contributed by atoms with van der Waals surface area (Å²) in [4.78, 5) is 2.25. The van der Waals surface area contributed by atoms with Crippen molar-refractivity contribution < 1.29 is 18.9 Å². The highest BCUT2D eigenvalue weighted by molar-refractivity contribution is 7.21. The third-order valence-corrected chi connectivity index (χ3v) is 8.14. The van der Waals surface area contributed by atoms with Crippen LogP contribution in [0.3, 0.4) is 0 Å². The molecule has 2 aromatic heterocycles. The van der Waals surface area contributed by atoms with E-state index in [1.54, 1.807) is 28.7 Å². The van der Waals surface area contributed by atoms with E-state index in [1.165, 1.54) is 0 Å². The van der Waals surface area contributed by atoms with E-state index in [0.717, 1.165) is 74.3 Å². The van der Waals surface area contributed by atoms with Gasteiger partial charge in [-0.3, -0.25) is 0 Å². The van der Waals surface area contributed by atoms with Gasteiger partial charge < -0.3 is 18.9 Å². The summed E-state index contributed by atoms with van der Waals surface area (Å²) in [7, 11) is 0. The largest absolute Gasteiger partial charge is 0.492 e. The third-order valence-electron chi connectivity index (χ3n) is 6.15. The van der Waals surface area contributed by atoms with Crippen molar-refractivity contribution in [3.63, 3.8) is 0 Å². The maximum Gasteiger partial charge on any atom is 0.131 e. The van der Waals surface area contributed by atoms with Crippen LogP contribution < -0.4 is 18.9 Å². The number of ether oxygens (including phenoxy) is 4. The fourth-order valence-electron chi connectivity index (χ4n) is 4.30. The Bertz CT molecular complexity index is 1430. The minimum atomic E-state index is 0.396. The Morgan fingerprint density at radius 2 is 0.902 bits per heavy atom. The van der Waals surface area contributed by atoms with Crippen molar-refractivity contribution in [2.24, 2.45) is 0 Å². The molecule has 2 aromatic carbocycles. The summed E-state index contributed by atoms with van der Waals surface area (Å²) in [5, 5.41) is 4.23. The normalized spacial score (nSPS) is 10.5. The fraction of sp³-hybridized carbons (Fsp3) is 0.200. The van der Waals surface area contributed by atoms with Crippen LogP contribution in [0, 0.1) is 0 Å². The van der Waals surface area contributed by atoms with E-state index in [9.17, 15) is 0 Å². The first-order valence-corrected chi connectivity index (χ1v) is 15.4. The number of hydrogen-bond donors (Lipinski definition) is 0. The van der Waals surface area contributed by atoms with Gasteiger partial charge >= 0.3 is 0 Å². The molecule has 0 atom stereocenters. The van der Waals surface area contributed by atoms with E-state index in [-0.39, 0.29) is 0 Å². The lowest BCUT2D eigenvalue weighted by atomic mass is 9.99. The quantitative estimate of drug-likeness (QED) is 0.0861. The average molecular weight is 585 g/mol. The molecule has 0 radical (unpaired) electrons. The Labute approximate surface area is 251 Å². The van der Waals surface area contributed by atoms with Crippen molar-refractivity contribution >= 4 is 22.7 Å². The first-order chi connectivity index (χ1) is 20.2. The summed E-state index contributed by atoms with van der Waals surface area (Å²) in [6.07, 6.45) is 9.58. The van der Waals surface area contributed by atoms with Crippen LogP contribution in [-0.2, 0) is 0 Å². The molecule has 0 unspecified atom stereocenters. The standard InChI is InChI=1S/C35H36O4S2/c1-5-9-21-37-29-15-12-14-28(36-20-8-4)32(29)26-18-24-40-34(26)35-27(19-25-41-35)33-30(38-22-10-6-2)16-13-17-31(33)39-23-11-7-3/h5-8,12-19,24-25H,1-4,9-11,20-23H2. The monoisotopic (exact) mass is 584 g/mol. The van der Waals surface area contributed by atoms with Gasteiger partial charge in [-0.25, -0.2) is 0 Å². The highest BCUT2D eigenvalue weighted by atomic mass is 32.1. The van der Waals surface area contributed by atoms with Crippen LogP contribution in [0.5, 0.6) is 23.0 Å². The zero-order chi connectivity index (χ0) is 28.9. The van der Waals surface area contributed by atoms with Crippen molar-refractivity contribution in [3.8, 4) is 55.0 Å². The molecule has 0 aliphatic rings. The first kappa shape index (κ1) is 30.0. The van der Waals surface area contributed by atoms with E-state index in [2.05, 4.69) is 49.2 Å². The lowest BCUT2D eigenvalue weighted by Crippen LogP contribution is -2.02. The summed E-state index contributed by atoms with van der Waals surface area (Å²) in [6.45, 7) is 17.3. The Morgan fingerprint density at radius 1 is 0.512 bits per heavy atom. The van der Waals surface area contributed by atoms with E-state index in [1.807, 2.05) is 54.6 Å². The molecule has 4 rings (SSSR count). The molecule has 2 heterocycles. The zero-order valence-corrected chi connectivity index (χ0v) is 24.9. The van der Waals surface area contributed by atoms with E-state index >= 15 is 0 Å². The summed E-state index contributed by atoms with van der Waals surface area (Å²) in [6, 6.07) is 16.2. The minimum Gasteiger partial charge on any atom is -0.492 e. The van der Waals surface area contributed by atoms with Crippen LogP contribution in [0.4, 0.5) is 0 Å². The average Bonchev–Trinajstić information content (AvgIpc) is 3.66. The van der Waals surface area contributed by atoms with Crippen LogP contribution in [0.25, 0.3) is 32.0 Å². The predicted octanol–water partition coefficient (Wildman–Crippen LogP) is 10.2. The maximum absolute atomic E-state index is 6.25. The van der Waals surface area contributed by atoms with Gasteiger partial charge in [0.05, 0.1) is 40.7 Å². The summed E-state index contributed by atoms with van der Waals surface area (Å²) < 4.78 is 24.9. The smallest absolute Gasteiger partial charge is 0.131 e. The lowest BCUT2D eigenvalue weighted by Gasteiger charge is -2.18. The molecule has 0 bridgehead atoms. The fourth-order valence-corrected chi connectivity index (χ4v) is 6.30. The molecule has 212 valence electrons. The number of hydrogen-bond acceptors (Lipinski definition) is 6. The molecule has 0 aliphatic heterocycles. The molecule has 0 saturated heterocycles. The molecular formula is C35H36O4S2. The number of rotatable bonds is 18. The second-order valence-corrected chi connectivity index (χ2v) is 10.8. The maximum atomic E-state index is 6.25. The highest BCUT2D eigenvalue weighted by Gasteiger charge is 2.24. The number of benzene rings is 2. The van der Waals surface area contributed by atoms with Gasteiger partial charge in [0.1, 0.15) is 29.6 Å². The Hall–Kier alpha value is -4.00. The molecular weight excluding hydrogens is 549 g/mol. The third kappa shape index (κ3) is 7.40. The minimum absolute atomic E-state index is 0.396. The number of thiophene rings is 2. The first-order valence-electron chi connectivity index (χ1n) is 13.6. The molecule has 0 saturated carbocycles. The molecule has 0 aliphatic carbocycles. The summed E-state index contributed by atoms with van der Waals surface area (Å²) in [5.74, 6) is 3.08. The second-order valence-electron chi connectivity index (χ2n) is 8.96. The second kappa shape index (κ2) is 15.7. The van der Waals surface area contributed by atoms with Gasteiger partial charge in [0, 0.05) is 11.1 Å². The molecule has 0 spiro atoms. The Balaban J connectivity index is 1.84. The van der Waals surface area contributed by atoms with Crippen molar-refractivity contribution in [2.45, 2.75) is 19.3 Å². The van der Waals surface area contributed by atoms with Gasteiger partial charge in [-0.2, -0.15) is 0 Å². The van der Waals surface area contributed by atoms with Crippen molar-refractivity contribution in [1.82, 2.24) is 0 Å². The summed E-state index contributed by atoms with van der Waals surface area (Å²) >= 11 is 3.38. The van der Waals surface area contributed by atoms with Crippen LogP contribution in [0.15, 0.2) is 110 Å². The SMILES string of the molecule is C=CCCOc1cccc(OCC=C)c1-c1ccsc1-c1sccc1-c1c(OCCC=C)cccc1OCCC=C. The molecule has 0 N–H and O–H groups in total. The molecule has 4 aromatic rings. The molecule has 4 nitrogen and oxygen atoms in total. The van der Waals surface area contributed by atoms with Crippen molar-refractivity contribution in [1.29, 1.82) is 0 Å². The van der Waals surface area contributed by atoms with E-state index < -0.39 is 0 Å². The van der Waals surface area contributed by atoms with Gasteiger partial charge in [0.2, 0.25) is 0 Å². The molecule has 0 fully saturated rings. The zero-order valence-electron chi connectivity index (χ0n) is 23.3. The van der Waals surface area contributed by atoms with Crippen molar-refractivity contribution in [3.05, 3.63) is 110 Å². The molecule has 41 heavy (non-hydrogen) atoms. The van der Waals surface area contributed by atoms with Gasteiger partial charge in [-0.15, -0.1) is 42.4 Å². The van der Waals surface area contributed by atoms with Crippen LogP contribution in [0.1, 0.15) is 19.3 Å². The van der Waals surface area contributed by atoms with Gasteiger partial charge in [0.25, 0.3) is 0 Å². The molecule has 0 amide bonds. The van der Waals surface area contributed by atoms with Crippen LogP contribution in [0.2, 0.25) is 0 Å². The van der Waals surface area contributed by atoms with Gasteiger partial charge in [0.15, 0.2) is 0 Å². The Morgan fingerprint density at radius 3 is 1.27 bits per heavy atom. The van der Waals surface area contributed by atoms with Crippen molar-refractivity contribution in [2.75, 3.05) is 26.4 Å².